The molecule has 2 aromatic carbocycles. The molecule has 0 atom stereocenters. The van der Waals surface area contributed by atoms with Crippen molar-refractivity contribution in [1.82, 2.24) is 5.32 Å². The van der Waals surface area contributed by atoms with Crippen LogP contribution in [0.25, 0.3) is 0 Å². The van der Waals surface area contributed by atoms with Gasteiger partial charge in [-0.2, -0.15) is 0 Å². The number of methoxy groups -OCH3 is 1. The summed E-state index contributed by atoms with van der Waals surface area (Å²) in [6.45, 7) is 3.50. The molecule has 0 bridgehead atoms. The number of rotatable bonds is 7. The highest BCUT2D eigenvalue weighted by Crippen LogP contribution is 2.19. The Bertz CT molecular complexity index is 653. The highest BCUT2D eigenvalue weighted by Gasteiger charge is 2.03. The van der Waals surface area contributed by atoms with Crippen molar-refractivity contribution in [3.8, 4) is 5.75 Å². The average molecular weight is 299 g/mol. The molecule has 4 nitrogen and oxygen atoms in total. The monoisotopic (exact) mass is 299 g/mol. The topological polar surface area (TPSA) is 58.6 Å². The maximum atomic E-state index is 10.9. The lowest BCUT2D eigenvalue weighted by Gasteiger charge is -2.09. The van der Waals surface area contributed by atoms with E-state index >= 15 is 0 Å². The summed E-state index contributed by atoms with van der Waals surface area (Å²) < 4.78 is 5.32. The Morgan fingerprint density at radius 2 is 2.00 bits per heavy atom. The van der Waals surface area contributed by atoms with E-state index < -0.39 is 5.97 Å². The van der Waals surface area contributed by atoms with Crippen molar-refractivity contribution >= 4 is 5.97 Å². The molecule has 22 heavy (non-hydrogen) atoms. The minimum absolute atomic E-state index is 0.322. The van der Waals surface area contributed by atoms with Crippen molar-refractivity contribution in [2.24, 2.45) is 0 Å². The first-order chi connectivity index (χ1) is 10.6. The maximum Gasteiger partial charge on any atom is 0.335 e. The van der Waals surface area contributed by atoms with Crippen molar-refractivity contribution < 1.29 is 14.6 Å². The molecule has 2 N–H and O–H groups in total. The van der Waals surface area contributed by atoms with Crippen LogP contribution in [0.15, 0.2) is 42.5 Å². The van der Waals surface area contributed by atoms with E-state index in [4.69, 9.17) is 9.84 Å². The van der Waals surface area contributed by atoms with Crippen molar-refractivity contribution in [3.05, 3.63) is 64.7 Å². The van der Waals surface area contributed by atoms with Crippen molar-refractivity contribution in [3.63, 3.8) is 0 Å². The summed E-state index contributed by atoms with van der Waals surface area (Å²) in [6.07, 6.45) is 0.898. The van der Waals surface area contributed by atoms with Crippen LogP contribution in [0.1, 0.15) is 27.0 Å². The summed E-state index contributed by atoms with van der Waals surface area (Å²) in [7, 11) is 1.68. The molecule has 0 fully saturated rings. The Hall–Kier alpha value is -2.33. The van der Waals surface area contributed by atoms with E-state index in [1.807, 2.05) is 13.0 Å². The predicted octanol–water partition coefficient (Wildman–Crippen LogP) is 3.03. The molecule has 0 aromatic heterocycles. The number of carboxylic acid groups (broad SMARTS) is 1. The van der Waals surface area contributed by atoms with Crippen LogP contribution in [0.3, 0.4) is 0 Å². The fourth-order valence-electron chi connectivity index (χ4n) is 2.30. The lowest BCUT2D eigenvalue weighted by atomic mass is 10.1. The number of aromatic carboxylic acids is 1. The van der Waals surface area contributed by atoms with Crippen LogP contribution >= 0.6 is 0 Å². The van der Waals surface area contributed by atoms with E-state index in [9.17, 15) is 4.79 Å². The highest BCUT2D eigenvalue weighted by atomic mass is 16.5. The van der Waals surface area contributed by atoms with Gasteiger partial charge in [-0.25, -0.2) is 4.79 Å². The molecule has 0 amide bonds. The van der Waals surface area contributed by atoms with E-state index in [2.05, 4.69) is 23.5 Å². The SMILES string of the molecule is COc1cc(CCNCc2cccc(C(=O)O)c2)ccc1C. The smallest absolute Gasteiger partial charge is 0.335 e. The fraction of sp³-hybridized carbons (Fsp3) is 0.278. The Labute approximate surface area is 130 Å². The van der Waals surface area contributed by atoms with Crippen LogP contribution in [0, 0.1) is 6.92 Å². The second kappa shape index (κ2) is 7.61. The first kappa shape index (κ1) is 16.0. The van der Waals surface area contributed by atoms with Crippen molar-refractivity contribution in [2.45, 2.75) is 19.9 Å². The number of nitrogens with one attached hydrogen (secondary N) is 1. The third kappa shape index (κ3) is 4.33. The zero-order valence-corrected chi connectivity index (χ0v) is 12.9. The van der Waals surface area contributed by atoms with Crippen molar-refractivity contribution in [1.29, 1.82) is 0 Å². The summed E-state index contributed by atoms with van der Waals surface area (Å²) in [5, 5.41) is 12.3. The molecule has 2 rings (SSSR count). The number of aryl methyl sites for hydroxylation is 1. The Morgan fingerprint density at radius 3 is 2.73 bits per heavy atom. The van der Waals surface area contributed by atoms with Crippen LogP contribution in [0.5, 0.6) is 5.75 Å². The summed E-state index contributed by atoms with van der Waals surface area (Å²) in [5.41, 5.74) is 3.64. The largest absolute Gasteiger partial charge is 0.496 e. The zero-order valence-electron chi connectivity index (χ0n) is 12.9. The van der Waals surface area contributed by atoms with E-state index in [1.54, 1.807) is 25.3 Å². The van der Waals surface area contributed by atoms with Gasteiger partial charge in [-0.1, -0.05) is 24.3 Å². The molecule has 0 heterocycles. The number of carbonyl (C=O) groups is 1. The van der Waals surface area contributed by atoms with Gasteiger partial charge in [0.25, 0.3) is 0 Å². The maximum absolute atomic E-state index is 10.9. The minimum Gasteiger partial charge on any atom is -0.496 e. The molecule has 2 aromatic rings. The summed E-state index contributed by atoms with van der Waals surface area (Å²) >= 11 is 0. The van der Waals surface area contributed by atoms with Gasteiger partial charge in [0, 0.05) is 6.54 Å². The molecule has 0 aliphatic heterocycles. The molecular weight excluding hydrogens is 278 g/mol. The first-order valence-electron chi connectivity index (χ1n) is 7.26. The van der Waals surface area contributed by atoms with Crippen LogP contribution in [0.2, 0.25) is 0 Å². The van der Waals surface area contributed by atoms with Gasteiger partial charge in [0.2, 0.25) is 0 Å². The molecule has 0 aliphatic rings. The average Bonchev–Trinajstić information content (AvgIpc) is 2.53. The van der Waals surface area contributed by atoms with E-state index in [-0.39, 0.29) is 0 Å². The summed E-state index contributed by atoms with van der Waals surface area (Å²) in [6, 6.07) is 13.2. The second-order valence-corrected chi connectivity index (χ2v) is 5.24. The molecule has 0 radical (unpaired) electrons. The van der Waals surface area contributed by atoms with Gasteiger partial charge in [-0.15, -0.1) is 0 Å². The van der Waals surface area contributed by atoms with E-state index in [0.29, 0.717) is 12.1 Å². The third-order valence-corrected chi connectivity index (χ3v) is 3.57. The first-order valence-corrected chi connectivity index (χ1v) is 7.26. The summed E-state index contributed by atoms with van der Waals surface area (Å²) in [5.74, 6) is 0.0141. The Balaban J connectivity index is 1.84. The molecule has 116 valence electrons. The molecule has 0 aliphatic carbocycles. The van der Waals surface area contributed by atoms with Crippen LogP contribution in [-0.4, -0.2) is 24.7 Å². The van der Waals surface area contributed by atoms with Gasteiger partial charge in [0.05, 0.1) is 12.7 Å². The number of carboxylic acids is 1. The third-order valence-electron chi connectivity index (χ3n) is 3.57. The van der Waals surface area contributed by atoms with Gasteiger partial charge in [-0.05, 0) is 54.8 Å². The number of benzene rings is 2. The zero-order chi connectivity index (χ0) is 15.9. The Kier molecular flexibility index (Phi) is 5.55. The van der Waals surface area contributed by atoms with Gasteiger partial charge in [-0.3, -0.25) is 0 Å². The highest BCUT2D eigenvalue weighted by molar-refractivity contribution is 5.87. The molecule has 4 heteroatoms. The molecule has 0 spiro atoms. The van der Waals surface area contributed by atoms with Gasteiger partial charge in [0.15, 0.2) is 0 Å². The molecule has 0 saturated carbocycles. The fourth-order valence-corrected chi connectivity index (χ4v) is 2.30. The van der Waals surface area contributed by atoms with Gasteiger partial charge < -0.3 is 15.2 Å². The van der Waals surface area contributed by atoms with Crippen LogP contribution < -0.4 is 10.1 Å². The normalized spacial score (nSPS) is 10.5. The number of ether oxygens (including phenoxy) is 1. The number of hydrogen-bond donors (Lipinski definition) is 2. The van der Waals surface area contributed by atoms with E-state index in [1.165, 1.54) is 5.56 Å². The predicted molar refractivity (Wildman–Crippen MR) is 86.5 cm³/mol. The van der Waals surface area contributed by atoms with Crippen LogP contribution in [0.4, 0.5) is 0 Å². The van der Waals surface area contributed by atoms with Gasteiger partial charge in [0.1, 0.15) is 5.75 Å². The standard InChI is InChI=1S/C18H21NO3/c1-13-6-7-14(11-17(13)22-2)8-9-19-12-15-4-3-5-16(10-15)18(20)21/h3-7,10-11,19H,8-9,12H2,1-2H3,(H,20,21). The lowest BCUT2D eigenvalue weighted by Crippen LogP contribution is -2.17. The van der Waals surface area contributed by atoms with E-state index in [0.717, 1.165) is 29.8 Å². The molecule has 0 saturated heterocycles. The molecule has 0 unspecified atom stereocenters. The second-order valence-electron chi connectivity index (χ2n) is 5.24. The lowest BCUT2D eigenvalue weighted by molar-refractivity contribution is 0.0696. The van der Waals surface area contributed by atoms with Crippen molar-refractivity contribution in [2.75, 3.05) is 13.7 Å². The minimum atomic E-state index is -0.895. The quantitative estimate of drug-likeness (QED) is 0.772. The molecular formula is C18H21NO3. The van der Waals surface area contributed by atoms with Gasteiger partial charge >= 0.3 is 5.97 Å². The number of hydrogen-bond acceptors (Lipinski definition) is 3. The van der Waals surface area contributed by atoms with Crippen LogP contribution in [-0.2, 0) is 13.0 Å². The summed E-state index contributed by atoms with van der Waals surface area (Å²) in [4.78, 5) is 10.9. The Morgan fingerprint density at radius 1 is 1.18 bits per heavy atom.